The van der Waals surface area contributed by atoms with Gasteiger partial charge in [-0.25, -0.2) is 0 Å². The summed E-state index contributed by atoms with van der Waals surface area (Å²) in [5.41, 5.74) is 2.76. The van der Waals surface area contributed by atoms with Crippen molar-refractivity contribution in [1.82, 2.24) is 0 Å². The van der Waals surface area contributed by atoms with Crippen LogP contribution in [0.4, 0.5) is 0 Å². The minimum Gasteiger partial charge on any atom is -0.253 e. The molecule has 0 fully saturated rings. The van der Waals surface area contributed by atoms with Crippen LogP contribution in [0.2, 0.25) is 39.3 Å². The molecule has 0 radical (unpaired) electrons. The van der Waals surface area contributed by atoms with Crippen molar-refractivity contribution in [3.8, 4) is 0 Å². The summed E-state index contributed by atoms with van der Waals surface area (Å²) in [4.78, 5) is 0.911. The number of hydrogen-bond donors (Lipinski definition) is 0. The van der Waals surface area contributed by atoms with E-state index in [0.29, 0.717) is 0 Å². The molecule has 1 unspecified atom stereocenters. The van der Waals surface area contributed by atoms with E-state index in [1.165, 1.54) is 11.0 Å². The zero-order chi connectivity index (χ0) is 14.4. The normalized spacial score (nSPS) is 19.6. The minimum atomic E-state index is -1.14. The van der Waals surface area contributed by atoms with Crippen molar-refractivity contribution >= 4 is 45.6 Å². The van der Waals surface area contributed by atoms with Gasteiger partial charge in [-0.15, -0.1) is 0 Å². The summed E-state index contributed by atoms with van der Waals surface area (Å²) in [7, 11) is -2.47. The third-order valence-electron chi connectivity index (χ3n) is 3.37. The lowest BCUT2D eigenvalue weighted by Crippen LogP contribution is -2.51. The van der Waals surface area contributed by atoms with Gasteiger partial charge in [0, 0.05) is 10.0 Å². The van der Waals surface area contributed by atoms with Crippen molar-refractivity contribution < 1.29 is 0 Å². The molecule has 0 aromatic heterocycles. The fourth-order valence-electron chi connectivity index (χ4n) is 3.08. The lowest BCUT2D eigenvalue weighted by Gasteiger charge is -2.37. The number of halogens is 1. The molecule has 19 heavy (non-hydrogen) atoms. The Kier molecular flexibility index (Phi) is 4.28. The lowest BCUT2D eigenvalue weighted by atomic mass is 10.2. The van der Waals surface area contributed by atoms with Crippen LogP contribution in [0.1, 0.15) is 5.56 Å². The van der Waals surface area contributed by atoms with Crippen molar-refractivity contribution in [2.45, 2.75) is 44.2 Å². The van der Waals surface area contributed by atoms with E-state index in [4.69, 9.17) is 4.76 Å². The molecule has 104 valence electrons. The zero-order valence-electron chi connectivity index (χ0n) is 12.7. The van der Waals surface area contributed by atoms with E-state index in [-0.39, 0.29) is 8.07 Å². The van der Waals surface area contributed by atoms with Crippen molar-refractivity contribution in [1.29, 1.82) is 0 Å². The Bertz CT molecular complexity index is 486. The van der Waals surface area contributed by atoms with Gasteiger partial charge in [0.1, 0.15) is 0 Å². The summed E-state index contributed by atoms with van der Waals surface area (Å²) in [5, 5.41) is 0. The fourth-order valence-corrected chi connectivity index (χ4v) is 21.9. The molecular formula is C14H23BrNPSi2. The summed E-state index contributed by atoms with van der Waals surface area (Å²) in [6.45, 7) is 15.1. The topological polar surface area (TPSA) is 12.4 Å². The molecular weight excluding hydrogens is 349 g/mol. The van der Waals surface area contributed by atoms with Gasteiger partial charge < -0.3 is 0 Å². The van der Waals surface area contributed by atoms with Gasteiger partial charge in [0.15, 0.2) is 0 Å². The number of hydrogen-bond acceptors (Lipinski definition) is 1. The Morgan fingerprint density at radius 1 is 0.947 bits per heavy atom. The monoisotopic (exact) mass is 371 g/mol. The van der Waals surface area contributed by atoms with Gasteiger partial charge in [0.2, 0.25) is 0 Å². The maximum atomic E-state index is 4.92. The summed E-state index contributed by atoms with van der Waals surface area (Å²) in [6, 6.07) is 8.66. The van der Waals surface area contributed by atoms with Crippen LogP contribution >= 0.6 is 24.0 Å². The predicted octanol–water partition coefficient (Wildman–Crippen LogP) is 5.73. The van der Waals surface area contributed by atoms with Crippen LogP contribution in [0, 0.1) is 0 Å². The first-order valence-electron chi connectivity index (χ1n) is 6.74. The molecule has 0 saturated heterocycles. The molecule has 1 nitrogen and oxygen atoms in total. The van der Waals surface area contributed by atoms with Crippen molar-refractivity contribution in [3.05, 3.63) is 34.3 Å². The average Bonchev–Trinajstić information content (AvgIpc) is 2.94. The van der Waals surface area contributed by atoms with Crippen LogP contribution < -0.4 is 0 Å². The Morgan fingerprint density at radius 2 is 1.42 bits per heavy atom. The van der Waals surface area contributed by atoms with Crippen molar-refractivity contribution in [2.75, 3.05) is 0 Å². The third kappa shape index (κ3) is 3.66. The van der Waals surface area contributed by atoms with E-state index < -0.39 is 16.1 Å². The van der Waals surface area contributed by atoms with Gasteiger partial charge in [-0.2, -0.15) is 0 Å². The van der Waals surface area contributed by atoms with Gasteiger partial charge >= 0.3 is 0 Å². The highest BCUT2D eigenvalue weighted by atomic mass is 79.9. The molecule has 0 saturated carbocycles. The Morgan fingerprint density at radius 3 is 1.84 bits per heavy atom. The molecule has 1 heterocycles. The molecule has 2 rings (SSSR count). The second-order valence-electron chi connectivity index (χ2n) is 7.41. The molecule has 0 spiro atoms. The van der Waals surface area contributed by atoms with Gasteiger partial charge in [0.25, 0.3) is 0 Å². The molecule has 0 bridgehead atoms. The minimum absolute atomic E-state index is 0.190. The standard InChI is InChI=1S/C14H23BrNPSi2/c1-18(2,3)14(19(4,5)6)17-13(16-17)11-7-9-12(15)10-8-11/h7-10,14H,1-6H3. The molecule has 0 N–H and O–H groups in total. The first kappa shape index (κ1) is 15.6. The smallest absolute Gasteiger partial charge is 0.0921 e. The molecule has 1 atom stereocenters. The van der Waals surface area contributed by atoms with Gasteiger partial charge in [-0.1, -0.05) is 67.3 Å². The fraction of sp³-hybridized carbons (Fsp3) is 0.500. The second-order valence-corrected chi connectivity index (χ2v) is 22.3. The van der Waals surface area contributed by atoms with Gasteiger partial charge in [-0.3, -0.25) is 4.76 Å². The summed E-state index contributed by atoms with van der Waals surface area (Å²) in [5.74, 6) is 0. The number of nitrogens with zero attached hydrogens (tertiary/aromatic N) is 1. The van der Waals surface area contributed by atoms with Crippen molar-refractivity contribution in [2.24, 2.45) is 4.76 Å². The summed E-state index contributed by atoms with van der Waals surface area (Å²) in [6.07, 6.45) is 0. The molecule has 5 heteroatoms. The van der Waals surface area contributed by atoms with E-state index >= 15 is 0 Å². The lowest BCUT2D eigenvalue weighted by molar-refractivity contribution is 1.45. The Balaban J connectivity index is 2.20. The molecule has 1 aromatic carbocycles. The molecule has 1 aromatic rings. The largest absolute Gasteiger partial charge is 0.253 e. The first-order chi connectivity index (χ1) is 8.60. The van der Waals surface area contributed by atoms with E-state index in [9.17, 15) is 0 Å². The molecule has 1 aliphatic rings. The van der Waals surface area contributed by atoms with E-state index in [1.54, 1.807) is 0 Å². The summed E-state index contributed by atoms with van der Waals surface area (Å²) >= 11 is 3.50. The average molecular weight is 372 g/mol. The number of rotatable bonds is 4. The van der Waals surface area contributed by atoms with Crippen LogP contribution in [-0.2, 0) is 0 Å². The van der Waals surface area contributed by atoms with Crippen molar-refractivity contribution in [3.63, 3.8) is 0 Å². The highest BCUT2D eigenvalue weighted by Crippen LogP contribution is 2.63. The van der Waals surface area contributed by atoms with E-state index in [1.807, 2.05) is 0 Å². The maximum absolute atomic E-state index is 4.92. The van der Waals surface area contributed by atoms with Crippen LogP contribution in [-0.4, -0.2) is 26.5 Å². The zero-order valence-corrected chi connectivity index (χ0v) is 17.1. The SMILES string of the molecule is C[Si](C)(C)C(P1N=C1c1ccc(Br)cc1)[Si](C)(C)C. The molecule has 0 amide bonds. The highest BCUT2D eigenvalue weighted by Gasteiger charge is 2.49. The highest BCUT2D eigenvalue weighted by molar-refractivity contribution is 9.10. The van der Waals surface area contributed by atoms with Crippen LogP contribution in [0.25, 0.3) is 0 Å². The van der Waals surface area contributed by atoms with Crippen LogP contribution in [0.15, 0.2) is 33.5 Å². The molecule has 0 aliphatic carbocycles. The second kappa shape index (κ2) is 5.21. The predicted molar refractivity (Wildman–Crippen MR) is 98.1 cm³/mol. The van der Waals surface area contributed by atoms with Gasteiger partial charge in [0.05, 0.1) is 29.7 Å². The quantitative estimate of drug-likeness (QED) is 0.473. The first-order valence-corrected chi connectivity index (χ1v) is 16.1. The van der Waals surface area contributed by atoms with E-state index in [0.717, 1.165) is 9.38 Å². The number of benzene rings is 1. The van der Waals surface area contributed by atoms with Crippen LogP contribution in [0.3, 0.4) is 0 Å². The van der Waals surface area contributed by atoms with Crippen LogP contribution in [0.5, 0.6) is 0 Å². The Hall–Kier alpha value is 0.234. The maximum Gasteiger partial charge on any atom is 0.0921 e. The third-order valence-corrected chi connectivity index (χ3v) is 20.0. The van der Waals surface area contributed by atoms with Gasteiger partial charge in [-0.05, 0) is 17.0 Å². The van der Waals surface area contributed by atoms with E-state index in [2.05, 4.69) is 79.5 Å². The summed E-state index contributed by atoms with van der Waals surface area (Å²) < 4.78 is 6.07. The molecule has 1 aliphatic heterocycles. The Labute approximate surface area is 128 Å².